The van der Waals surface area contributed by atoms with Crippen molar-refractivity contribution >= 4 is 30.4 Å². The molecule has 0 aliphatic carbocycles. The summed E-state index contributed by atoms with van der Waals surface area (Å²) in [6, 6.07) is 1.71. The molecular formula is C8H6BClN2O. The van der Waals surface area contributed by atoms with Crippen molar-refractivity contribution in [2.24, 2.45) is 0 Å². The lowest BCUT2D eigenvalue weighted by molar-refractivity contribution is 0.418. The number of hydrogen-bond donors (Lipinski definition) is 0. The van der Waals surface area contributed by atoms with E-state index < -0.39 is 0 Å². The highest BCUT2D eigenvalue weighted by Gasteiger charge is 2.07. The minimum atomic E-state index is 0.553. The Bertz CT molecular complexity index is 455. The zero-order valence-corrected chi connectivity index (χ0v) is 7.75. The molecule has 0 aliphatic rings. The zero-order chi connectivity index (χ0) is 9.42. The van der Waals surface area contributed by atoms with Crippen molar-refractivity contribution in [3.63, 3.8) is 0 Å². The highest BCUT2D eigenvalue weighted by Crippen LogP contribution is 2.25. The molecule has 2 aromatic rings. The number of fused-ring (bicyclic) bond motifs is 1. The van der Waals surface area contributed by atoms with Crippen LogP contribution in [-0.2, 0) is 0 Å². The topological polar surface area (TPSA) is 26.5 Å². The Morgan fingerprint density at radius 3 is 3.08 bits per heavy atom. The Morgan fingerprint density at radius 1 is 1.62 bits per heavy atom. The van der Waals surface area contributed by atoms with Crippen LogP contribution >= 0.6 is 11.6 Å². The van der Waals surface area contributed by atoms with Gasteiger partial charge < -0.3 is 4.74 Å². The highest BCUT2D eigenvalue weighted by molar-refractivity contribution is 6.35. The number of ether oxygens (including phenoxy) is 1. The van der Waals surface area contributed by atoms with Crippen LogP contribution in [0, 0.1) is 0 Å². The van der Waals surface area contributed by atoms with Crippen molar-refractivity contribution in [2.75, 3.05) is 7.11 Å². The monoisotopic (exact) mass is 192 g/mol. The molecule has 0 unspecified atom stereocenters. The Morgan fingerprint density at radius 2 is 2.38 bits per heavy atom. The van der Waals surface area contributed by atoms with Gasteiger partial charge in [0.25, 0.3) is 0 Å². The third-order valence-corrected chi connectivity index (χ3v) is 2.05. The summed E-state index contributed by atoms with van der Waals surface area (Å²) in [5.74, 6) is 0.627. The molecule has 0 bridgehead atoms. The maximum absolute atomic E-state index is 5.90. The van der Waals surface area contributed by atoms with E-state index >= 15 is 0 Å². The number of aromatic nitrogens is 2. The summed E-state index contributed by atoms with van der Waals surface area (Å²) in [7, 11) is 7.19. The standard InChI is InChI=1S/C8H6BClN2O/c1-13-7-2-5(9)4-12-8(7)6(10)3-11-12/h2-4H,1H3. The normalized spacial score (nSPS) is 10.6. The van der Waals surface area contributed by atoms with Crippen molar-refractivity contribution in [3.8, 4) is 5.75 Å². The Balaban J connectivity index is 2.85. The first-order chi connectivity index (χ1) is 6.22. The predicted octanol–water partition coefficient (Wildman–Crippen LogP) is 0.790. The first kappa shape index (κ1) is 8.44. The van der Waals surface area contributed by atoms with Crippen molar-refractivity contribution in [3.05, 3.63) is 23.5 Å². The molecule has 0 N–H and O–H groups in total. The molecule has 2 radical (unpaired) electrons. The Labute approximate surface area is 81.7 Å². The van der Waals surface area contributed by atoms with E-state index in [1.54, 1.807) is 30.1 Å². The van der Waals surface area contributed by atoms with Crippen molar-refractivity contribution in [2.45, 2.75) is 0 Å². The minimum Gasteiger partial charge on any atom is -0.494 e. The number of nitrogens with zero attached hydrogens (tertiary/aromatic N) is 2. The molecule has 2 aromatic heterocycles. The van der Waals surface area contributed by atoms with Crippen LogP contribution in [-0.4, -0.2) is 24.6 Å². The van der Waals surface area contributed by atoms with Crippen LogP contribution in [0.2, 0.25) is 5.02 Å². The van der Waals surface area contributed by atoms with Crippen molar-refractivity contribution < 1.29 is 4.74 Å². The predicted molar refractivity (Wildman–Crippen MR) is 52.1 cm³/mol. The van der Waals surface area contributed by atoms with E-state index in [1.165, 1.54) is 0 Å². The van der Waals surface area contributed by atoms with E-state index in [-0.39, 0.29) is 0 Å². The second-order valence-electron chi connectivity index (χ2n) is 2.63. The molecule has 2 heterocycles. The number of rotatable bonds is 1. The number of pyridine rings is 1. The Hall–Kier alpha value is -1.16. The van der Waals surface area contributed by atoms with Crippen molar-refractivity contribution in [1.29, 1.82) is 0 Å². The summed E-state index contributed by atoms with van der Waals surface area (Å²) in [6.07, 6.45) is 3.24. The van der Waals surface area contributed by atoms with Crippen LogP contribution < -0.4 is 10.2 Å². The van der Waals surface area contributed by atoms with Crippen molar-refractivity contribution in [1.82, 2.24) is 9.61 Å². The fourth-order valence-electron chi connectivity index (χ4n) is 1.22. The maximum Gasteiger partial charge on any atom is 0.145 e. The van der Waals surface area contributed by atoms with E-state index in [1.807, 2.05) is 0 Å². The van der Waals surface area contributed by atoms with E-state index in [0.29, 0.717) is 16.2 Å². The molecule has 2 rings (SSSR count). The van der Waals surface area contributed by atoms with Gasteiger partial charge in [0, 0.05) is 6.20 Å². The van der Waals surface area contributed by atoms with Gasteiger partial charge in [0.15, 0.2) is 0 Å². The Kier molecular flexibility index (Phi) is 1.92. The van der Waals surface area contributed by atoms with E-state index in [9.17, 15) is 0 Å². The molecule has 64 valence electrons. The van der Waals surface area contributed by atoms with Gasteiger partial charge in [-0.25, -0.2) is 4.52 Å². The van der Waals surface area contributed by atoms with Crippen LogP contribution in [0.15, 0.2) is 18.5 Å². The van der Waals surface area contributed by atoms with Gasteiger partial charge in [0.1, 0.15) is 19.1 Å². The van der Waals surface area contributed by atoms with E-state index in [4.69, 9.17) is 24.2 Å². The smallest absolute Gasteiger partial charge is 0.145 e. The highest BCUT2D eigenvalue weighted by atomic mass is 35.5. The summed E-state index contributed by atoms with van der Waals surface area (Å²) >= 11 is 5.90. The van der Waals surface area contributed by atoms with Crippen LogP contribution in [0.4, 0.5) is 0 Å². The molecule has 0 aliphatic heterocycles. The molecule has 0 amide bonds. The molecular weight excluding hydrogens is 186 g/mol. The second-order valence-corrected chi connectivity index (χ2v) is 3.03. The SMILES string of the molecule is [B]c1cc(OC)c2c(Cl)cnn2c1. The van der Waals surface area contributed by atoms with Gasteiger partial charge in [0.05, 0.1) is 18.3 Å². The van der Waals surface area contributed by atoms with E-state index in [0.717, 1.165) is 5.52 Å². The largest absolute Gasteiger partial charge is 0.494 e. The minimum absolute atomic E-state index is 0.553. The first-order valence-corrected chi connectivity index (χ1v) is 4.06. The molecule has 3 nitrogen and oxygen atoms in total. The van der Waals surface area contributed by atoms with Crippen LogP contribution in [0.25, 0.3) is 5.52 Å². The van der Waals surface area contributed by atoms with Gasteiger partial charge in [-0.05, 0) is 6.07 Å². The first-order valence-electron chi connectivity index (χ1n) is 3.68. The summed E-state index contributed by atoms with van der Waals surface area (Å²) in [6.45, 7) is 0. The molecule has 0 spiro atoms. The van der Waals surface area contributed by atoms with Crippen LogP contribution in [0.5, 0.6) is 5.75 Å². The fraction of sp³-hybridized carbons (Fsp3) is 0.125. The molecule has 0 aromatic carbocycles. The lowest BCUT2D eigenvalue weighted by Crippen LogP contribution is -2.07. The second kappa shape index (κ2) is 2.96. The third kappa shape index (κ3) is 1.27. The zero-order valence-electron chi connectivity index (χ0n) is 6.99. The van der Waals surface area contributed by atoms with Crippen LogP contribution in [0.1, 0.15) is 0 Å². The van der Waals surface area contributed by atoms with Gasteiger partial charge in [-0.1, -0.05) is 17.1 Å². The van der Waals surface area contributed by atoms with Gasteiger partial charge in [-0.3, -0.25) is 0 Å². The van der Waals surface area contributed by atoms with Gasteiger partial charge >= 0.3 is 0 Å². The number of methoxy groups -OCH3 is 1. The molecule has 0 atom stereocenters. The lowest BCUT2D eigenvalue weighted by Gasteiger charge is -2.04. The summed E-state index contributed by atoms with van der Waals surface area (Å²) in [5.41, 5.74) is 1.32. The van der Waals surface area contributed by atoms with Gasteiger partial charge in [-0.15, -0.1) is 0 Å². The molecule has 5 heteroatoms. The molecule has 13 heavy (non-hydrogen) atoms. The fourth-order valence-corrected chi connectivity index (χ4v) is 1.45. The molecule has 0 saturated carbocycles. The van der Waals surface area contributed by atoms with Crippen LogP contribution in [0.3, 0.4) is 0 Å². The lowest BCUT2D eigenvalue weighted by atomic mass is 9.98. The maximum atomic E-state index is 5.90. The summed E-state index contributed by atoms with van der Waals surface area (Å²) in [4.78, 5) is 0. The molecule has 0 fully saturated rings. The third-order valence-electron chi connectivity index (χ3n) is 1.77. The van der Waals surface area contributed by atoms with Gasteiger partial charge in [0.2, 0.25) is 0 Å². The quantitative estimate of drug-likeness (QED) is 0.625. The molecule has 0 saturated heterocycles. The average Bonchev–Trinajstić information content (AvgIpc) is 2.46. The number of halogens is 1. The summed E-state index contributed by atoms with van der Waals surface area (Å²) < 4.78 is 6.72. The van der Waals surface area contributed by atoms with E-state index in [2.05, 4.69) is 5.10 Å². The average molecular weight is 192 g/mol. The summed E-state index contributed by atoms with van der Waals surface area (Å²) in [5, 5.41) is 4.57. The van der Waals surface area contributed by atoms with Gasteiger partial charge in [-0.2, -0.15) is 5.10 Å². The number of hydrogen-bond acceptors (Lipinski definition) is 2.